The molecule has 0 atom stereocenters. The number of ether oxygens (including phenoxy) is 1. The average molecular weight is 376 g/mol. The Labute approximate surface area is 141 Å². The fraction of sp³-hybridized carbons (Fsp3) is 0.214. The number of benzene rings is 1. The van der Waals surface area contributed by atoms with Crippen LogP contribution in [0.25, 0.3) is 0 Å². The number of hydrogen-bond acceptors (Lipinski definition) is 5. The minimum Gasteiger partial charge on any atom is -0.435 e. The predicted molar refractivity (Wildman–Crippen MR) is 84.6 cm³/mol. The van der Waals surface area contributed by atoms with Gasteiger partial charge in [-0.25, -0.2) is 13.6 Å². The van der Waals surface area contributed by atoms with Gasteiger partial charge in [0, 0.05) is 19.0 Å². The van der Waals surface area contributed by atoms with E-state index in [4.69, 9.17) is 5.14 Å². The molecule has 1 amide bonds. The molecule has 0 spiro atoms. The van der Waals surface area contributed by atoms with Crippen molar-refractivity contribution in [3.63, 3.8) is 0 Å². The summed E-state index contributed by atoms with van der Waals surface area (Å²) in [5.74, 6) is -0.354. The number of thiophene rings is 1. The van der Waals surface area contributed by atoms with E-state index in [1.165, 1.54) is 28.5 Å². The number of primary sulfonamides is 1. The molecule has 0 fully saturated rings. The van der Waals surface area contributed by atoms with E-state index in [2.05, 4.69) is 4.74 Å². The predicted octanol–water partition coefficient (Wildman–Crippen LogP) is 2.27. The molecule has 0 saturated carbocycles. The molecular formula is C14H14F2N2O4S2. The normalized spacial score (nSPS) is 11.5. The molecule has 0 aliphatic heterocycles. The Bertz CT molecular complexity index is 820. The molecule has 1 aromatic heterocycles. The summed E-state index contributed by atoms with van der Waals surface area (Å²) in [6, 6.07) is 7.10. The first-order chi connectivity index (χ1) is 11.2. The van der Waals surface area contributed by atoms with E-state index < -0.39 is 16.6 Å². The van der Waals surface area contributed by atoms with Crippen LogP contribution in [0.15, 0.2) is 39.9 Å². The van der Waals surface area contributed by atoms with Crippen molar-refractivity contribution >= 4 is 27.3 Å². The smallest absolute Gasteiger partial charge is 0.387 e. The van der Waals surface area contributed by atoms with Crippen molar-refractivity contribution in [3.8, 4) is 5.75 Å². The van der Waals surface area contributed by atoms with Crippen molar-refractivity contribution < 1.29 is 26.7 Å². The summed E-state index contributed by atoms with van der Waals surface area (Å²) in [6.45, 7) is -2.68. The van der Waals surface area contributed by atoms with Crippen LogP contribution in [0.4, 0.5) is 8.78 Å². The van der Waals surface area contributed by atoms with Gasteiger partial charge < -0.3 is 9.64 Å². The lowest BCUT2D eigenvalue weighted by atomic mass is 10.2. The number of amides is 1. The third kappa shape index (κ3) is 4.73. The van der Waals surface area contributed by atoms with Gasteiger partial charge in [0.15, 0.2) is 0 Å². The van der Waals surface area contributed by atoms with Crippen molar-refractivity contribution in [2.45, 2.75) is 17.4 Å². The zero-order valence-corrected chi connectivity index (χ0v) is 14.1. The lowest BCUT2D eigenvalue weighted by molar-refractivity contribution is -0.0498. The summed E-state index contributed by atoms with van der Waals surface area (Å²) in [5.41, 5.74) is 0.915. The number of alkyl halides is 2. The zero-order valence-electron chi connectivity index (χ0n) is 12.5. The number of hydrogen-bond donors (Lipinski definition) is 1. The number of carbonyl (C=O) groups excluding carboxylic acids is 1. The largest absolute Gasteiger partial charge is 0.435 e. The maximum atomic E-state index is 12.3. The van der Waals surface area contributed by atoms with Gasteiger partial charge in [-0.2, -0.15) is 8.78 Å². The molecule has 24 heavy (non-hydrogen) atoms. The van der Waals surface area contributed by atoms with Crippen LogP contribution in [0.3, 0.4) is 0 Å². The van der Waals surface area contributed by atoms with Crippen molar-refractivity contribution in [1.82, 2.24) is 4.90 Å². The fourth-order valence-corrected chi connectivity index (χ4v) is 3.50. The number of sulfonamides is 1. The maximum Gasteiger partial charge on any atom is 0.387 e. The van der Waals surface area contributed by atoms with Crippen LogP contribution in [0.2, 0.25) is 0 Å². The lowest BCUT2D eigenvalue weighted by Gasteiger charge is -2.16. The standard InChI is InChI=1S/C14H14F2N2O4S2/c1-18(7-9-2-4-11(5-3-9)22-14(15)16)13(19)10-6-12(23-8-10)24(17,20)21/h2-6,8,14H,7H2,1H3,(H2,17,20,21). The zero-order chi connectivity index (χ0) is 17.9. The highest BCUT2D eigenvalue weighted by Crippen LogP contribution is 2.21. The second-order valence-corrected chi connectivity index (χ2v) is 7.58. The van der Waals surface area contributed by atoms with Crippen molar-refractivity contribution in [2.24, 2.45) is 5.14 Å². The lowest BCUT2D eigenvalue weighted by Crippen LogP contribution is -2.25. The van der Waals surface area contributed by atoms with Gasteiger partial charge in [-0.05, 0) is 23.8 Å². The molecule has 1 aromatic carbocycles. The first kappa shape index (κ1) is 18.3. The molecule has 0 radical (unpaired) electrons. The average Bonchev–Trinajstić information content (AvgIpc) is 2.98. The van der Waals surface area contributed by atoms with Gasteiger partial charge in [-0.15, -0.1) is 11.3 Å². The number of nitrogens with two attached hydrogens (primary N) is 1. The highest BCUT2D eigenvalue weighted by molar-refractivity contribution is 7.91. The van der Waals surface area contributed by atoms with Gasteiger partial charge in [0.1, 0.15) is 9.96 Å². The van der Waals surface area contributed by atoms with E-state index in [1.807, 2.05) is 0 Å². The van der Waals surface area contributed by atoms with Gasteiger partial charge in [-0.3, -0.25) is 4.79 Å². The first-order valence-electron chi connectivity index (χ1n) is 6.57. The van der Waals surface area contributed by atoms with Crippen molar-refractivity contribution in [1.29, 1.82) is 0 Å². The van der Waals surface area contributed by atoms with E-state index in [-0.39, 0.29) is 28.0 Å². The number of halogens is 2. The first-order valence-corrected chi connectivity index (χ1v) is 9.00. The fourth-order valence-electron chi connectivity index (χ4n) is 1.92. The molecule has 2 rings (SSSR count). The number of nitrogens with zero attached hydrogens (tertiary/aromatic N) is 1. The topological polar surface area (TPSA) is 89.7 Å². The van der Waals surface area contributed by atoms with Crippen LogP contribution in [-0.2, 0) is 16.6 Å². The molecule has 2 aromatic rings. The minimum atomic E-state index is -3.84. The highest BCUT2D eigenvalue weighted by atomic mass is 32.2. The molecule has 130 valence electrons. The molecule has 1 heterocycles. The molecule has 0 aliphatic rings. The minimum absolute atomic E-state index is 0.0263. The Kier molecular flexibility index (Phi) is 5.52. The van der Waals surface area contributed by atoms with E-state index >= 15 is 0 Å². The second-order valence-electron chi connectivity index (χ2n) is 4.88. The van der Waals surface area contributed by atoms with Crippen LogP contribution in [0, 0.1) is 0 Å². The summed E-state index contributed by atoms with van der Waals surface area (Å²) in [7, 11) is -2.30. The molecule has 10 heteroatoms. The monoisotopic (exact) mass is 376 g/mol. The summed E-state index contributed by atoms with van der Waals surface area (Å²) in [6.07, 6.45) is 0. The van der Waals surface area contributed by atoms with Crippen molar-refractivity contribution in [2.75, 3.05) is 7.05 Å². The third-order valence-corrected chi connectivity index (χ3v) is 5.40. The van der Waals surface area contributed by atoms with E-state index in [0.717, 1.165) is 11.3 Å². The maximum absolute atomic E-state index is 12.3. The summed E-state index contributed by atoms with van der Waals surface area (Å²) in [4.78, 5) is 13.6. The molecule has 6 nitrogen and oxygen atoms in total. The molecule has 2 N–H and O–H groups in total. The van der Waals surface area contributed by atoms with Gasteiger partial charge in [0.05, 0.1) is 5.56 Å². The Morgan fingerprint density at radius 1 is 1.33 bits per heavy atom. The van der Waals surface area contributed by atoms with Crippen LogP contribution in [-0.4, -0.2) is 32.9 Å². The summed E-state index contributed by atoms with van der Waals surface area (Å²) < 4.78 is 50.8. The van der Waals surface area contributed by atoms with Crippen LogP contribution >= 0.6 is 11.3 Å². The summed E-state index contributed by atoms with van der Waals surface area (Å²) >= 11 is 0.868. The highest BCUT2D eigenvalue weighted by Gasteiger charge is 2.18. The quantitative estimate of drug-likeness (QED) is 0.837. The van der Waals surface area contributed by atoms with Crippen LogP contribution in [0.1, 0.15) is 15.9 Å². The Balaban J connectivity index is 2.05. The molecular weight excluding hydrogens is 362 g/mol. The molecule has 0 saturated heterocycles. The molecule has 0 unspecified atom stereocenters. The second kappa shape index (κ2) is 7.24. The van der Waals surface area contributed by atoms with Crippen LogP contribution in [0.5, 0.6) is 5.75 Å². The van der Waals surface area contributed by atoms with E-state index in [0.29, 0.717) is 5.56 Å². The Morgan fingerprint density at radius 2 is 1.96 bits per heavy atom. The summed E-state index contributed by atoms with van der Waals surface area (Å²) in [5, 5.41) is 6.43. The van der Waals surface area contributed by atoms with E-state index in [1.54, 1.807) is 19.2 Å². The number of carbonyl (C=O) groups is 1. The van der Waals surface area contributed by atoms with Gasteiger partial charge in [0.25, 0.3) is 5.91 Å². The van der Waals surface area contributed by atoms with Gasteiger partial charge in [0.2, 0.25) is 10.0 Å². The molecule has 0 bridgehead atoms. The van der Waals surface area contributed by atoms with Crippen molar-refractivity contribution in [3.05, 3.63) is 46.8 Å². The Morgan fingerprint density at radius 3 is 2.46 bits per heavy atom. The van der Waals surface area contributed by atoms with Gasteiger partial charge in [-0.1, -0.05) is 12.1 Å². The SMILES string of the molecule is CN(Cc1ccc(OC(F)F)cc1)C(=O)c1csc(S(N)(=O)=O)c1. The van der Waals surface area contributed by atoms with Gasteiger partial charge >= 0.3 is 6.61 Å². The third-order valence-electron chi connectivity index (χ3n) is 3.02. The van der Waals surface area contributed by atoms with Crippen LogP contribution < -0.4 is 9.88 Å². The van der Waals surface area contributed by atoms with E-state index in [9.17, 15) is 22.0 Å². The Hall–Kier alpha value is -2.04. The molecule has 0 aliphatic carbocycles. The number of rotatable bonds is 6.